The summed E-state index contributed by atoms with van der Waals surface area (Å²) in [5.74, 6) is 0.457. The van der Waals surface area contributed by atoms with Crippen LogP contribution in [0.4, 0.5) is 0 Å². The lowest BCUT2D eigenvalue weighted by atomic mass is 9.90. The summed E-state index contributed by atoms with van der Waals surface area (Å²) < 4.78 is 0. The SMILES string of the molecule is O=C1C(Cc2ccccc2)CCCN1Cc1ccccc1. The van der Waals surface area contributed by atoms with Crippen molar-refractivity contribution in [2.75, 3.05) is 6.54 Å². The van der Waals surface area contributed by atoms with Gasteiger partial charge in [0.2, 0.25) is 5.91 Å². The van der Waals surface area contributed by atoms with Crippen LogP contribution >= 0.6 is 0 Å². The first-order valence-corrected chi connectivity index (χ1v) is 7.69. The minimum absolute atomic E-state index is 0.143. The fourth-order valence-electron chi connectivity index (χ4n) is 3.07. The van der Waals surface area contributed by atoms with Crippen LogP contribution in [0.1, 0.15) is 24.0 Å². The highest BCUT2D eigenvalue weighted by Gasteiger charge is 2.28. The Kier molecular flexibility index (Phi) is 4.34. The van der Waals surface area contributed by atoms with Crippen LogP contribution in [0.2, 0.25) is 0 Å². The maximum atomic E-state index is 12.7. The zero-order chi connectivity index (χ0) is 14.5. The number of likely N-dealkylation sites (tertiary alicyclic amines) is 1. The predicted octanol–water partition coefficient (Wildman–Crippen LogP) is 3.67. The zero-order valence-corrected chi connectivity index (χ0v) is 12.2. The molecule has 1 fully saturated rings. The number of carbonyl (C=O) groups is 1. The van der Waals surface area contributed by atoms with Gasteiger partial charge in [0.25, 0.3) is 0 Å². The third-order valence-electron chi connectivity index (χ3n) is 4.18. The molecule has 1 atom stereocenters. The third-order valence-corrected chi connectivity index (χ3v) is 4.18. The number of amides is 1. The second-order valence-corrected chi connectivity index (χ2v) is 5.77. The Bertz CT molecular complexity index is 528. The second-order valence-electron chi connectivity index (χ2n) is 5.77. The minimum Gasteiger partial charge on any atom is -0.338 e. The summed E-state index contributed by atoms with van der Waals surface area (Å²) in [5, 5.41) is 0. The van der Waals surface area contributed by atoms with E-state index in [-0.39, 0.29) is 5.92 Å². The number of rotatable bonds is 4. The first-order chi connectivity index (χ1) is 10.3. The highest BCUT2D eigenvalue weighted by Crippen LogP contribution is 2.23. The van der Waals surface area contributed by atoms with Crippen LogP contribution in [0.15, 0.2) is 60.7 Å². The number of carbonyl (C=O) groups excluding carboxylic acids is 1. The van der Waals surface area contributed by atoms with E-state index in [2.05, 4.69) is 24.3 Å². The van der Waals surface area contributed by atoms with E-state index in [0.717, 1.165) is 32.4 Å². The first-order valence-electron chi connectivity index (χ1n) is 7.69. The van der Waals surface area contributed by atoms with E-state index in [9.17, 15) is 4.79 Å². The number of piperidine rings is 1. The lowest BCUT2D eigenvalue weighted by Crippen LogP contribution is -2.41. The van der Waals surface area contributed by atoms with Gasteiger partial charge in [0.1, 0.15) is 0 Å². The van der Waals surface area contributed by atoms with Crippen molar-refractivity contribution in [2.24, 2.45) is 5.92 Å². The van der Waals surface area contributed by atoms with E-state index in [1.807, 2.05) is 41.3 Å². The maximum absolute atomic E-state index is 12.7. The fraction of sp³-hybridized carbons (Fsp3) is 0.316. The van der Waals surface area contributed by atoms with Crippen LogP contribution in [0.3, 0.4) is 0 Å². The summed E-state index contributed by atoms with van der Waals surface area (Å²) in [5.41, 5.74) is 2.48. The molecule has 1 saturated heterocycles. The Morgan fingerprint density at radius 2 is 1.52 bits per heavy atom. The van der Waals surface area contributed by atoms with Crippen molar-refractivity contribution in [3.63, 3.8) is 0 Å². The largest absolute Gasteiger partial charge is 0.338 e. The minimum atomic E-state index is 0.143. The van der Waals surface area contributed by atoms with E-state index in [0.29, 0.717) is 5.91 Å². The average molecular weight is 279 g/mol. The zero-order valence-electron chi connectivity index (χ0n) is 12.2. The molecule has 1 aliphatic rings. The molecular weight excluding hydrogens is 258 g/mol. The Morgan fingerprint density at radius 3 is 2.19 bits per heavy atom. The number of hydrogen-bond donors (Lipinski definition) is 0. The molecule has 0 saturated carbocycles. The molecule has 0 N–H and O–H groups in total. The van der Waals surface area contributed by atoms with Gasteiger partial charge in [-0.1, -0.05) is 60.7 Å². The molecule has 108 valence electrons. The van der Waals surface area contributed by atoms with E-state index in [1.54, 1.807) is 0 Å². The summed E-state index contributed by atoms with van der Waals surface area (Å²) in [6, 6.07) is 20.6. The van der Waals surface area contributed by atoms with Gasteiger partial charge in [-0.25, -0.2) is 0 Å². The van der Waals surface area contributed by atoms with E-state index >= 15 is 0 Å². The van der Waals surface area contributed by atoms with Crippen molar-refractivity contribution in [2.45, 2.75) is 25.8 Å². The summed E-state index contributed by atoms with van der Waals surface area (Å²) in [4.78, 5) is 14.7. The Hall–Kier alpha value is -2.09. The molecule has 0 aliphatic carbocycles. The van der Waals surface area contributed by atoms with Crippen LogP contribution in [0.5, 0.6) is 0 Å². The lowest BCUT2D eigenvalue weighted by Gasteiger charge is -2.32. The maximum Gasteiger partial charge on any atom is 0.226 e. The van der Waals surface area contributed by atoms with Crippen molar-refractivity contribution in [3.05, 3.63) is 71.8 Å². The van der Waals surface area contributed by atoms with Gasteiger partial charge in [-0.2, -0.15) is 0 Å². The van der Waals surface area contributed by atoms with E-state index in [4.69, 9.17) is 0 Å². The van der Waals surface area contributed by atoms with Gasteiger partial charge in [-0.3, -0.25) is 4.79 Å². The molecule has 2 nitrogen and oxygen atoms in total. The molecule has 2 heteroatoms. The molecule has 2 aromatic carbocycles. The highest BCUT2D eigenvalue weighted by molar-refractivity contribution is 5.79. The van der Waals surface area contributed by atoms with Crippen LogP contribution in [0, 0.1) is 5.92 Å². The van der Waals surface area contributed by atoms with Gasteiger partial charge >= 0.3 is 0 Å². The molecule has 3 rings (SSSR count). The first kappa shape index (κ1) is 13.9. The molecule has 21 heavy (non-hydrogen) atoms. The molecule has 0 bridgehead atoms. The van der Waals surface area contributed by atoms with Crippen molar-refractivity contribution in [3.8, 4) is 0 Å². The third kappa shape index (κ3) is 3.52. The summed E-state index contributed by atoms with van der Waals surface area (Å²) in [6.07, 6.45) is 2.99. The Balaban J connectivity index is 1.66. The predicted molar refractivity (Wildman–Crippen MR) is 84.7 cm³/mol. The van der Waals surface area contributed by atoms with Crippen molar-refractivity contribution >= 4 is 5.91 Å². The summed E-state index contributed by atoms with van der Waals surface area (Å²) in [7, 11) is 0. The fourth-order valence-corrected chi connectivity index (χ4v) is 3.07. The van der Waals surface area contributed by atoms with Crippen molar-refractivity contribution in [1.82, 2.24) is 4.90 Å². The van der Waals surface area contributed by atoms with E-state index in [1.165, 1.54) is 11.1 Å². The van der Waals surface area contributed by atoms with Gasteiger partial charge in [0, 0.05) is 19.0 Å². The molecule has 0 radical (unpaired) electrons. The van der Waals surface area contributed by atoms with Crippen LogP contribution < -0.4 is 0 Å². The summed E-state index contributed by atoms with van der Waals surface area (Å²) in [6.45, 7) is 1.63. The van der Waals surface area contributed by atoms with Gasteiger partial charge in [0.05, 0.1) is 0 Å². The van der Waals surface area contributed by atoms with Gasteiger partial charge < -0.3 is 4.90 Å². The monoisotopic (exact) mass is 279 g/mol. The number of hydrogen-bond acceptors (Lipinski definition) is 1. The Labute approximate surface area is 126 Å². The Morgan fingerprint density at radius 1 is 0.905 bits per heavy atom. The molecule has 0 spiro atoms. The normalized spacial score (nSPS) is 18.8. The molecular formula is C19H21NO. The number of nitrogens with zero attached hydrogens (tertiary/aromatic N) is 1. The molecule has 1 unspecified atom stereocenters. The molecule has 1 aliphatic heterocycles. The lowest BCUT2D eigenvalue weighted by molar-refractivity contribution is -0.139. The van der Waals surface area contributed by atoms with Gasteiger partial charge in [-0.15, -0.1) is 0 Å². The van der Waals surface area contributed by atoms with Crippen molar-refractivity contribution < 1.29 is 4.79 Å². The van der Waals surface area contributed by atoms with E-state index < -0.39 is 0 Å². The average Bonchev–Trinajstić information content (AvgIpc) is 2.53. The van der Waals surface area contributed by atoms with Crippen LogP contribution in [0.25, 0.3) is 0 Å². The molecule has 1 heterocycles. The summed E-state index contributed by atoms with van der Waals surface area (Å²) >= 11 is 0. The molecule has 2 aromatic rings. The van der Waals surface area contributed by atoms with Gasteiger partial charge in [-0.05, 0) is 30.4 Å². The standard InChI is InChI=1S/C19H21NO/c21-19-18(14-16-8-3-1-4-9-16)12-7-13-20(19)15-17-10-5-2-6-11-17/h1-6,8-11,18H,7,12-15H2. The van der Waals surface area contributed by atoms with Gasteiger partial charge in [0.15, 0.2) is 0 Å². The molecule has 0 aromatic heterocycles. The van der Waals surface area contributed by atoms with Crippen LogP contribution in [-0.2, 0) is 17.8 Å². The second kappa shape index (κ2) is 6.57. The highest BCUT2D eigenvalue weighted by atomic mass is 16.2. The quantitative estimate of drug-likeness (QED) is 0.836. The molecule has 1 amide bonds. The topological polar surface area (TPSA) is 20.3 Å². The van der Waals surface area contributed by atoms with Crippen molar-refractivity contribution in [1.29, 1.82) is 0 Å². The van der Waals surface area contributed by atoms with Crippen LogP contribution in [-0.4, -0.2) is 17.4 Å². The smallest absolute Gasteiger partial charge is 0.226 e. The number of benzene rings is 2.